The van der Waals surface area contributed by atoms with E-state index in [2.05, 4.69) is 10.2 Å². The molecule has 0 radical (unpaired) electrons. The molecule has 0 spiro atoms. The van der Waals surface area contributed by atoms with Crippen LogP contribution in [-0.4, -0.2) is 59.5 Å². The van der Waals surface area contributed by atoms with E-state index in [9.17, 15) is 4.79 Å². The summed E-state index contributed by atoms with van der Waals surface area (Å²) < 4.78 is 22.6. The van der Waals surface area contributed by atoms with Crippen LogP contribution in [0, 0.1) is 0 Å². The highest BCUT2D eigenvalue weighted by atomic mass is 16.5. The van der Waals surface area contributed by atoms with Gasteiger partial charge in [-0.2, -0.15) is 0 Å². The van der Waals surface area contributed by atoms with Gasteiger partial charge in [-0.25, -0.2) is 0 Å². The minimum Gasteiger partial charge on any atom is -0.483 e. The third-order valence-corrected chi connectivity index (χ3v) is 5.02. The SMILES string of the molecule is COc1ccc(OC2CCN(C(=O)COc3cccc4c3OC(C)(C)C4)C2)nn1. The summed E-state index contributed by atoms with van der Waals surface area (Å²) in [5, 5.41) is 7.85. The average Bonchev–Trinajstić information content (AvgIpc) is 3.29. The van der Waals surface area contributed by atoms with Gasteiger partial charge >= 0.3 is 0 Å². The molecule has 2 aliphatic rings. The Labute approximate surface area is 169 Å². The lowest BCUT2D eigenvalue weighted by molar-refractivity contribution is -0.132. The quantitative estimate of drug-likeness (QED) is 0.737. The molecular formula is C21H25N3O5. The van der Waals surface area contributed by atoms with Gasteiger partial charge in [0.1, 0.15) is 11.7 Å². The van der Waals surface area contributed by atoms with Crippen molar-refractivity contribution in [3.05, 3.63) is 35.9 Å². The molecule has 8 nitrogen and oxygen atoms in total. The first-order valence-corrected chi connectivity index (χ1v) is 9.69. The lowest BCUT2D eigenvalue weighted by Gasteiger charge is -2.19. The first kappa shape index (κ1) is 19.3. The van der Waals surface area contributed by atoms with E-state index in [0.29, 0.717) is 30.6 Å². The fourth-order valence-corrected chi connectivity index (χ4v) is 3.63. The molecular weight excluding hydrogens is 374 g/mol. The molecule has 2 aliphatic heterocycles. The first-order valence-electron chi connectivity index (χ1n) is 9.69. The highest BCUT2D eigenvalue weighted by Gasteiger charge is 2.33. The van der Waals surface area contributed by atoms with Gasteiger partial charge in [0.15, 0.2) is 18.1 Å². The van der Waals surface area contributed by atoms with Gasteiger partial charge in [-0.3, -0.25) is 4.79 Å². The molecule has 154 valence electrons. The zero-order valence-corrected chi connectivity index (χ0v) is 16.9. The average molecular weight is 399 g/mol. The second-order valence-electron chi connectivity index (χ2n) is 7.85. The fraction of sp³-hybridized carbons (Fsp3) is 0.476. The number of hydrogen-bond acceptors (Lipinski definition) is 7. The zero-order chi connectivity index (χ0) is 20.4. The lowest BCUT2D eigenvalue weighted by Crippen LogP contribution is -2.34. The maximum Gasteiger partial charge on any atom is 0.260 e. The summed E-state index contributed by atoms with van der Waals surface area (Å²) in [7, 11) is 1.53. The van der Waals surface area contributed by atoms with Crippen molar-refractivity contribution in [1.29, 1.82) is 0 Å². The molecule has 8 heteroatoms. The second kappa shape index (κ2) is 7.77. The molecule has 1 aromatic carbocycles. The van der Waals surface area contributed by atoms with Crippen LogP contribution >= 0.6 is 0 Å². The van der Waals surface area contributed by atoms with E-state index in [0.717, 1.165) is 24.2 Å². The summed E-state index contributed by atoms with van der Waals surface area (Å²) in [4.78, 5) is 14.3. The van der Waals surface area contributed by atoms with Crippen molar-refractivity contribution >= 4 is 5.91 Å². The Balaban J connectivity index is 1.30. The maximum absolute atomic E-state index is 12.6. The molecule has 2 aromatic rings. The van der Waals surface area contributed by atoms with Gasteiger partial charge in [0, 0.05) is 37.1 Å². The number of ether oxygens (including phenoxy) is 4. The number of aromatic nitrogens is 2. The molecule has 1 saturated heterocycles. The number of methoxy groups -OCH3 is 1. The van der Waals surface area contributed by atoms with Crippen molar-refractivity contribution in [2.24, 2.45) is 0 Å². The van der Waals surface area contributed by atoms with Crippen molar-refractivity contribution in [2.45, 2.75) is 38.4 Å². The summed E-state index contributed by atoms with van der Waals surface area (Å²) in [5.41, 5.74) is 0.852. The first-order chi connectivity index (χ1) is 13.9. The Morgan fingerprint density at radius 3 is 2.79 bits per heavy atom. The van der Waals surface area contributed by atoms with Crippen LogP contribution in [0.25, 0.3) is 0 Å². The summed E-state index contributed by atoms with van der Waals surface area (Å²) >= 11 is 0. The number of nitrogens with zero attached hydrogens (tertiary/aromatic N) is 3. The largest absolute Gasteiger partial charge is 0.483 e. The van der Waals surface area contributed by atoms with Crippen LogP contribution in [0.3, 0.4) is 0 Å². The van der Waals surface area contributed by atoms with Gasteiger partial charge in [-0.15, -0.1) is 10.2 Å². The maximum atomic E-state index is 12.6. The predicted molar refractivity (Wildman–Crippen MR) is 105 cm³/mol. The third-order valence-electron chi connectivity index (χ3n) is 5.02. The molecule has 0 bridgehead atoms. The number of rotatable bonds is 6. The molecule has 0 aliphatic carbocycles. The molecule has 3 heterocycles. The van der Waals surface area contributed by atoms with Gasteiger partial charge in [0.2, 0.25) is 11.8 Å². The van der Waals surface area contributed by atoms with E-state index < -0.39 is 0 Å². The number of carbonyl (C=O) groups is 1. The van der Waals surface area contributed by atoms with Crippen molar-refractivity contribution in [2.75, 3.05) is 26.8 Å². The van der Waals surface area contributed by atoms with Crippen molar-refractivity contribution < 1.29 is 23.7 Å². The minimum absolute atomic E-state index is 0.0324. The number of fused-ring (bicyclic) bond motifs is 1. The van der Waals surface area contributed by atoms with Gasteiger partial charge < -0.3 is 23.8 Å². The van der Waals surface area contributed by atoms with Crippen LogP contribution in [0.15, 0.2) is 30.3 Å². The van der Waals surface area contributed by atoms with Crippen LogP contribution in [-0.2, 0) is 11.2 Å². The Kier molecular flexibility index (Phi) is 5.17. The van der Waals surface area contributed by atoms with E-state index in [1.807, 2.05) is 32.0 Å². The molecule has 0 N–H and O–H groups in total. The number of para-hydroxylation sites is 1. The van der Waals surface area contributed by atoms with Crippen molar-refractivity contribution in [3.8, 4) is 23.3 Å². The highest BCUT2D eigenvalue weighted by molar-refractivity contribution is 5.78. The molecule has 1 atom stereocenters. The van der Waals surface area contributed by atoms with Crippen LogP contribution in [0.2, 0.25) is 0 Å². The molecule has 1 amide bonds. The fourth-order valence-electron chi connectivity index (χ4n) is 3.63. The molecule has 1 unspecified atom stereocenters. The molecule has 0 saturated carbocycles. The standard InChI is InChI=1S/C21H25N3O5/c1-21(2)11-14-5-4-6-16(20(14)29-21)27-13-19(25)24-10-9-15(12-24)28-18-8-7-17(26-3)22-23-18/h4-8,15H,9-13H2,1-3H3. The van der Waals surface area contributed by atoms with Crippen molar-refractivity contribution in [1.82, 2.24) is 15.1 Å². The third kappa shape index (κ3) is 4.36. The van der Waals surface area contributed by atoms with E-state index in [-0.39, 0.29) is 24.2 Å². The number of likely N-dealkylation sites (tertiary alicyclic amines) is 1. The van der Waals surface area contributed by atoms with Crippen LogP contribution in [0.1, 0.15) is 25.8 Å². The highest BCUT2D eigenvalue weighted by Crippen LogP contribution is 2.41. The van der Waals surface area contributed by atoms with Gasteiger partial charge in [0.25, 0.3) is 5.91 Å². The van der Waals surface area contributed by atoms with Gasteiger partial charge in [-0.05, 0) is 19.9 Å². The Bertz CT molecular complexity index is 884. The zero-order valence-electron chi connectivity index (χ0n) is 16.9. The smallest absolute Gasteiger partial charge is 0.260 e. The Hall–Kier alpha value is -3.03. The minimum atomic E-state index is -0.254. The number of carbonyl (C=O) groups excluding carboxylic acids is 1. The van der Waals surface area contributed by atoms with Gasteiger partial charge in [0.05, 0.1) is 13.7 Å². The van der Waals surface area contributed by atoms with Crippen LogP contribution in [0.5, 0.6) is 23.3 Å². The van der Waals surface area contributed by atoms with E-state index in [1.165, 1.54) is 7.11 Å². The van der Waals surface area contributed by atoms with E-state index >= 15 is 0 Å². The van der Waals surface area contributed by atoms with Crippen molar-refractivity contribution in [3.63, 3.8) is 0 Å². The summed E-state index contributed by atoms with van der Waals surface area (Å²) in [6.45, 7) is 5.16. The van der Waals surface area contributed by atoms with Crippen LogP contribution < -0.4 is 18.9 Å². The summed E-state index contributed by atoms with van der Waals surface area (Å²) in [6.07, 6.45) is 1.44. The summed E-state index contributed by atoms with van der Waals surface area (Å²) in [6, 6.07) is 9.20. The van der Waals surface area contributed by atoms with Gasteiger partial charge in [-0.1, -0.05) is 12.1 Å². The topological polar surface area (TPSA) is 83.0 Å². The number of hydrogen-bond donors (Lipinski definition) is 0. The number of benzene rings is 1. The Morgan fingerprint density at radius 2 is 2.03 bits per heavy atom. The summed E-state index contributed by atoms with van der Waals surface area (Å²) in [5.74, 6) is 2.12. The van der Waals surface area contributed by atoms with Crippen LogP contribution in [0.4, 0.5) is 0 Å². The molecule has 4 rings (SSSR count). The lowest BCUT2D eigenvalue weighted by atomic mass is 10.0. The normalized spacial score (nSPS) is 19.4. The van der Waals surface area contributed by atoms with E-state index in [1.54, 1.807) is 17.0 Å². The Morgan fingerprint density at radius 1 is 1.24 bits per heavy atom. The number of amides is 1. The molecule has 29 heavy (non-hydrogen) atoms. The predicted octanol–water partition coefficient (Wildman–Crippen LogP) is 2.26. The monoisotopic (exact) mass is 399 g/mol. The molecule has 1 fully saturated rings. The molecule has 1 aromatic heterocycles. The second-order valence-corrected chi connectivity index (χ2v) is 7.85. The van der Waals surface area contributed by atoms with E-state index in [4.69, 9.17) is 18.9 Å².